The predicted octanol–water partition coefficient (Wildman–Crippen LogP) is 12.6. The highest BCUT2D eigenvalue weighted by atomic mass is 31.2. The zero-order valence-electron chi connectivity index (χ0n) is 37.0. The minimum Gasteiger partial charge on any atom is -0.462 e. The number of likely N-dealkylation sites (N-methyl/N-ethyl adjacent to an activating group) is 1. The van der Waals surface area contributed by atoms with Gasteiger partial charge in [0.25, 0.3) is 0 Å². The molecule has 0 aromatic rings. The van der Waals surface area contributed by atoms with Gasteiger partial charge in [0.05, 0.1) is 27.7 Å². The van der Waals surface area contributed by atoms with Gasteiger partial charge in [0.15, 0.2) is 6.10 Å². The maximum absolute atomic E-state index is 12.7. The van der Waals surface area contributed by atoms with Gasteiger partial charge in [0.1, 0.15) is 19.8 Å². The van der Waals surface area contributed by atoms with Gasteiger partial charge in [-0.25, -0.2) is 4.57 Å². The molecule has 2 atom stereocenters. The van der Waals surface area contributed by atoms with E-state index in [0.29, 0.717) is 23.9 Å². The van der Waals surface area contributed by atoms with Gasteiger partial charge in [-0.3, -0.25) is 18.6 Å². The Labute approximate surface area is 353 Å². The third kappa shape index (κ3) is 42.5. The van der Waals surface area contributed by atoms with Crippen LogP contribution in [0, 0.1) is 0 Å². The summed E-state index contributed by atoms with van der Waals surface area (Å²) < 4.78 is 34.2. The molecule has 0 aromatic heterocycles. The van der Waals surface area contributed by atoms with Crippen molar-refractivity contribution in [1.29, 1.82) is 0 Å². The lowest BCUT2D eigenvalue weighted by molar-refractivity contribution is -0.870. The number of phosphoric acid groups is 1. The van der Waals surface area contributed by atoms with E-state index in [1.54, 1.807) is 0 Å². The van der Waals surface area contributed by atoms with Crippen LogP contribution in [0.1, 0.15) is 142 Å². The molecule has 0 bridgehead atoms. The number of ether oxygens (including phenoxy) is 2. The first kappa shape index (κ1) is 54.9. The molecule has 0 fully saturated rings. The third-order valence-corrected chi connectivity index (χ3v) is 9.60. The molecular weight excluding hydrogens is 750 g/mol. The molecule has 0 rings (SSSR count). The SMILES string of the molecule is CC/C=C\C/C=C\C/C=C\C/C=C\C/C=C\C/C=C\CCC(=O)OC[C@H](COP(=O)(O)OCC[N+](C)(C)C)OC(=O)CCCCCCC/C=C\C/C=C\CCCCC. The lowest BCUT2D eigenvalue weighted by Crippen LogP contribution is -2.37. The summed E-state index contributed by atoms with van der Waals surface area (Å²) in [6.45, 7) is 4.15. The molecule has 1 N–H and O–H groups in total. The Hall–Kier alpha value is -3.07. The van der Waals surface area contributed by atoms with Crippen LogP contribution in [0.2, 0.25) is 0 Å². The van der Waals surface area contributed by atoms with Gasteiger partial charge in [-0.1, -0.05) is 143 Å². The topological polar surface area (TPSA) is 108 Å². The van der Waals surface area contributed by atoms with E-state index < -0.39 is 32.5 Å². The highest BCUT2D eigenvalue weighted by Gasteiger charge is 2.27. The first-order chi connectivity index (χ1) is 28.0. The molecule has 0 aromatic carbocycles. The second kappa shape index (κ2) is 39.4. The van der Waals surface area contributed by atoms with E-state index in [1.165, 1.54) is 25.7 Å². The third-order valence-electron chi connectivity index (χ3n) is 8.61. The summed E-state index contributed by atoms with van der Waals surface area (Å²) in [7, 11) is 1.41. The second-order valence-corrected chi connectivity index (χ2v) is 16.8. The first-order valence-corrected chi connectivity index (χ1v) is 23.5. The van der Waals surface area contributed by atoms with E-state index in [4.69, 9.17) is 18.5 Å². The number of quaternary nitrogens is 1. The van der Waals surface area contributed by atoms with E-state index in [1.807, 2.05) is 33.3 Å². The van der Waals surface area contributed by atoms with Crippen molar-refractivity contribution < 1.29 is 42.1 Å². The Bertz CT molecular complexity index is 1300. The van der Waals surface area contributed by atoms with Crippen LogP contribution in [-0.4, -0.2) is 74.9 Å². The summed E-state index contributed by atoms with van der Waals surface area (Å²) in [4.78, 5) is 35.3. The van der Waals surface area contributed by atoms with E-state index in [-0.39, 0.29) is 26.1 Å². The number of hydrogen-bond donors (Lipinski definition) is 1. The van der Waals surface area contributed by atoms with Crippen LogP contribution >= 0.6 is 7.82 Å². The fraction of sp³-hybridized carbons (Fsp3) is 0.625. The summed E-state index contributed by atoms with van der Waals surface area (Å²) in [5.74, 6) is -0.923. The number of carbonyl (C=O) groups excluding carboxylic acids is 2. The predicted molar refractivity (Wildman–Crippen MR) is 242 cm³/mol. The number of unbranched alkanes of at least 4 members (excludes halogenated alkanes) is 8. The number of carbonyl (C=O) groups is 2. The molecule has 58 heavy (non-hydrogen) atoms. The number of esters is 2. The van der Waals surface area contributed by atoms with Crippen molar-refractivity contribution in [2.24, 2.45) is 0 Å². The van der Waals surface area contributed by atoms with E-state index in [9.17, 15) is 19.0 Å². The van der Waals surface area contributed by atoms with Gasteiger partial charge < -0.3 is 18.9 Å². The average Bonchev–Trinajstić information content (AvgIpc) is 3.17. The molecule has 0 amide bonds. The zero-order valence-corrected chi connectivity index (χ0v) is 37.9. The minimum atomic E-state index is -4.40. The molecule has 0 aliphatic carbocycles. The summed E-state index contributed by atoms with van der Waals surface area (Å²) in [6.07, 6.45) is 51.8. The maximum atomic E-state index is 12.7. The number of allylic oxidation sites excluding steroid dienone is 16. The number of phosphoric ester groups is 1. The van der Waals surface area contributed by atoms with Gasteiger partial charge in [0.2, 0.25) is 0 Å². The van der Waals surface area contributed by atoms with Gasteiger partial charge in [-0.05, 0) is 83.5 Å². The molecule has 0 aliphatic heterocycles. The standard InChI is InChI=1S/C48H80NO8P/c1-6-8-10-12-14-16-18-20-22-23-24-25-27-28-30-32-34-36-38-40-47(50)54-44-46(45-56-58(52,53)55-43-42-49(3,4)5)57-48(51)41-39-37-35-33-31-29-26-21-19-17-15-13-11-9-7-2/h8,10,14-17,20-22,24-26,28,30,34,36,46H,6-7,9,11-13,18-19,23,27,29,31-33,35,37-45H2,1-5H3/p+1/b10-8-,16-14-,17-15-,22-20-,25-24-,26-21-,30-28-,36-34-/t46-/m1/s1. The highest BCUT2D eigenvalue weighted by Crippen LogP contribution is 2.43. The van der Waals surface area contributed by atoms with Gasteiger partial charge >= 0.3 is 19.8 Å². The summed E-state index contributed by atoms with van der Waals surface area (Å²) in [5, 5.41) is 0. The number of nitrogens with zero attached hydrogens (tertiary/aromatic N) is 1. The fourth-order valence-electron chi connectivity index (χ4n) is 5.19. The van der Waals surface area contributed by atoms with Crippen molar-refractivity contribution in [3.63, 3.8) is 0 Å². The Morgan fingerprint density at radius 3 is 1.53 bits per heavy atom. The van der Waals surface area contributed by atoms with Crippen LogP contribution in [0.5, 0.6) is 0 Å². The van der Waals surface area contributed by atoms with Gasteiger partial charge in [-0.15, -0.1) is 0 Å². The molecule has 0 spiro atoms. The highest BCUT2D eigenvalue weighted by molar-refractivity contribution is 7.47. The molecule has 9 nitrogen and oxygen atoms in total. The first-order valence-electron chi connectivity index (χ1n) is 22.0. The molecule has 0 saturated heterocycles. The quantitative estimate of drug-likeness (QED) is 0.0215. The molecule has 10 heteroatoms. The zero-order chi connectivity index (χ0) is 42.8. The normalized spacial score (nSPS) is 14.5. The van der Waals surface area contributed by atoms with Gasteiger partial charge in [-0.2, -0.15) is 0 Å². The molecule has 0 saturated carbocycles. The summed E-state index contributed by atoms with van der Waals surface area (Å²) >= 11 is 0. The van der Waals surface area contributed by atoms with Crippen molar-refractivity contribution in [2.75, 3.05) is 47.5 Å². The van der Waals surface area contributed by atoms with Crippen LogP contribution in [0.15, 0.2) is 97.2 Å². The molecule has 1 unspecified atom stereocenters. The summed E-state index contributed by atoms with van der Waals surface area (Å²) in [6, 6.07) is 0. The molecular formula is C48H81NO8P+. The van der Waals surface area contributed by atoms with Crippen LogP contribution < -0.4 is 0 Å². The van der Waals surface area contributed by atoms with Crippen molar-refractivity contribution in [3.8, 4) is 0 Å². The Balaban J connectivity index is 4.53. The van der Waals surface area contributed by atoms with Crippen LogP contribution in [0.3, 0.4) is 0 Å². The van der Waals surface area contributed by atoms with E-state index in [2.05, 4.69) is 98.9 Å². The minimum absolute atomic E-state index is 0.0120. The average molecular weight is 831 g/mol. The lowest BCUT2D eigenvalue weighted by Gasteiger charge is -2.24. The van der Waals surface area contributed by atoms with Crippen molar-refractivity contribution in [2.45, 2.75) is 148 Å². The smallest absolute Gasteiger partial charge is 0.462 e. The molecule has 0 heterocycles. The maximum Gasteiger partial charge on any atom is 0.472 e. The van der Waals surface area contributed by atoms with E-state index in [0.717, 1.165) is 77.0 Å². The monoisotopic (exact) mass is 831 g/mol. The summed E-state index contributed by atoms with van der Waals surface area (Å²) in [5.41, 5.74) is 0. The largest absolute Gasteiger partial charge is 0.472 e. The van der Waals surface area contributed by atoms with Crippen LogP contribution in [0.25, 0.3) is 0 Å². The fourth-order valence-corrected chi connectivity index (χ4v) is 5.93. The van der Waals surface area contributed by atoms with Gasteiger partial charge in [0, 0.05) is 12.8 Å². The van der Waals surface area contributed by atoms with Crippen LogP contribution in [-0.2, 0) is 32.7 Å². The van der Waals surface area contributed by atoms with Crippen molar-refractivity contribution in [3.05, 3.63) is 97.2 Å². The Morgan fingerprint density at radius 2 is 1.02 bits per heavy atom. The van der Waals surface area contributed by atoms with Crippen LogP contribution in [0.4, 0.5) is 0 Å². The second-order valence-electron chi connectivity index (χ2n) is 15.3. The molecule has 0 radical (unpaired) electrons. The Morgan fingerprint density at radius 1 is 0.552 bits per heavy atom. The molecule has 330 valence electrons. The number of rotatable bonds is 38. The number of hydrogen-bond acceptors (Lipinski definition) is 7. The van der Waals surface area contributed by atoms with E-state index >= 15 is 0 Å². The lowest BCUT2D eigenvalue weighted by atomic mass is 10.1. The van der Waals surface area contributed by atoms with Crippen molar-refractivity contribution in [1.82, 2.24) is 0 Å². The Kier molecular flexibility index (Phi) is 37.3. The molecule has 0 aliphatic rings. The van der Waals surface area contributed by atoms with Crippen molar-refractivity contribution >= 4 is 19.8 Å².